The van der Waals surface area contributed by atoms with Crippen molar-refractivity contribution in [3.63, 3.8) is 0 Å². The van der Waals surface area contributed by atoms with Crippen molar-refractivity contribution in [2.24, 2.45) is 11.3 Å². The number of aromatic nitrogens is 3. The number of nitriles is 1. The van der Waals surface area contributed by atoms with E-state index in [9.17, 15) is 0 Å². The molecule has 0 aliphatic carbocycles. The lowest BCUT2D eigenvalue weighted by molar-refractivity contribution is 0.108. The van der Waals surface area contributed by atoms with Crippen LogP contribution in [-0.4, -0.2) is 47.9 Å². The molecular formula is C17H17N5O2. The van der Waals surface area contributed by atoms with Crippen LogP contribution in [0.5, 0.6) is 5.88 Å². The number of anilines is 1. The number of nitrogens with zero attached hydrogens (tertiary/aromatic N) is 5. The molecule has 2 aromatic rings. The molecule has 0 saturated carbocycles. The van der Waals surface area contributed by atoms with Gasteiger partial charge >= 0.3 is 0 Å². The van der Waals surface area contributed by atoms with Gasteiger partial charge in [0.25, 0.3) is 0 Å². The molecule has 2 fully saturated rings. The highest BCUT2D eigenvalue weighted by Gasteiger charge is 2.52. The Morgan fingerprint density at radius 2 is 2.21 bits per heavy atom. The molecule has 122 valence electrons. The standard InChI is InChI=1S/C17H17N5O2/c18-6-13-2-3-15(21-7-13)24-12-17-10-22(8-14(17)9-23-11-17)16-19-4-1-5-20-16/h1-5,7,14H,8-12H2/t14-,17+/m0/s1. The van der Waals surface area contributed by atoms with Crippen molar-refractivity contribution in [2.45, 2.75) is 0 Å². The van der Waals surface area contributed by atoms with E-state index in [1.54, 1.807) is 24.5 Å². The van der Waals surface area contributed by atoms with Crippen LogP contribution in [0.1, 0.15) is 5.56 Å². The van der Waals surface area contributed by atoms with E-state index in [4.69, 9.17) is 14.7 Å². The smallest absolute Gasteiger partial charge is 0.225 e. The van der Waals surface area contributed by atoms with Crippen molar-refractivity contribution in [2.75, 3.05) is 37.8 Å². The molecule has 4 heterocycles. The fourth-order valence-corrected chi connectivity index (χ4v) is 3.39. The summed E-state index contributed by atoms with van der Waals surface area (Å²) in [5.41, 5.74) is 0.449. The van der Waals surface area contributed by atoms with E-state index in [1.807, 2.05) is 6.07 Å². The molecule has 0 amide bonds. The molecule has 7 heteroatoms. The van der Waals surface area contributed by atoms with Gasteiger partial charge in [-0.1, -0.05) is 0 Å². The van der Waals surface area contributed by atoms with Gasteiger partial charge in [0.1, 0.15) is 6.07 Å². The largest absolute Gasteiger partial charge is 0.477 e. The number of pyridine rings is 1. The topological polar surface area (TPSA) is 84.2 Å². The minimum absolute atomic E-state index is 0.0746. The van der Waals surface area contributed by atoms with E-state index in [2.05, 4.69) is 25.9 Å². The van der Waals surface area contributed by atoms with Crippen LogP contribution in [-0.2, 0) is 4.74 Å². The summed E-state index contributed by atoms with van der Waals surface area (Å²) in [5.74, 6) is 1.67. The van der Waals surface area contributed by atoms with Crippen LogP contribution in [0.25, 0.3) is 0 Å². The Kier molecular flexibility index (Phi) is 3.75. The molecule has 2 aliphatic heterocycles. The minimum atomic E-state index is -0.0746. The second-order valence-corrected chi connectivity index (χ2v) is 6.29. The Hall–Kier alpha value is -2.72. The van der Waals surface area contributed by atoms with Gasteiger partial charge in [0.05, 0.1) is 30.8 Å². The zero-order valence-corrected chi connectivity index (χ0v) is 13.1. The predicted molar refractivity (Wildman–Crippen MR) is 85.4 cm³/mol. The molecule has 2 aromatic heterocycles. The van der Waals surface area contributed by atoms with Gasteiger partial charge in [0, 0.05) is 43.7 Å². The summed E-state index contributed by atoms with van der Waals surface area (Å²) >= 11 is 0. The zero-order chi connectivity index (χ0) is 16.4. The summed E-state index contributed by atoms with van der Waals surface area (Å²) in [5, 5.41) is 8.83. The molecule has 7 nitrogen and oxygen atoms in total. The predicted octanol–water partition coefficient (Wildman–Crippen LogP) is 1.28. The van der Waals surface area contributed by atoms with Crippen LogP contribution in [0, 0.1) is 22.7 Å². The molecule has 0 spiro atoms. The lowest BCUT2D eigenvalue weighted by Crippen LogP contribution is -2.37. The molecule has 0 unspecified atom stereocenters. The van der Waals surface area contributed by atoms with Crippen LogP contribution in [0.15, 0.2) is 36.8 Å². The average Bonchev–Trinajstić information content (AvgIpc) is 3.18. The normalized spacial score (nSPS) is 25.3. The Labute approximate surface area is 139 Å². The van der Waals surface area contributed by atoms with Gasteiger partial charge in [-0.05, 0) is 12.1 Å². The Morgan fingerprint density at radius 3 is 2.96 bits per heavy atom. The Morgan fingerprint density at radius 1 is 1.33 bits per heavy atom. The van der Waals surface area contributed by atoms with Gasteiger partial charge in [0.2, 0.25) is 11.8 Å². The van der Waals surface area contributed by atoms with Crippen LogP contribution in [0.2, 0.25) is 0 Å². The van der Waals surface area contributed by atoms with Crippen LogP contribution >= 0.6 is 0 Å². The van der Waals surface area contributed by atoms with E-state index in [0.717, 1.165) is 25.6 Å². The van der Waals surface area contributed by atoms with E-state index >= 15 is 0 Å². The maximum Gasteiger partial charge on any atom is 0.225 e. The van der Waals surface area contributed by atoms with E-state index < -0.39 is 0 Å². The lowest BCUT2D eigenvalue weighted by Gasteiger charge is -2.26. The zero-order valence-electron chi connectivity index (χ0n) is 13.1. The number of hydrogen-bond acceptors (Lipinski definition) is 7. The van der Waals surface area contributed by atoms with Gasteiger partial charge in [-0.15, -0.1) is 0 Å². The molecule has 2 aliphatic rings. The monoisotopic (exact) mass is 323 g/mol. The van der Waals surface area contributed by atoms with Crippen molar-refractivity contribution < 1.29 is 9.47 Å². The maximum absolute atomic E-state index is 8.83. The summed E-state index contributed by atoms with van der Waals surface area (Å²) < 4.78 is 11.6. The van der Waals surface area contributed by atoms with Crippen LogP contribution < -0.4 is 9.64 Å². The quantitative estimate of drug-likeness (QED) is 0.838. The third-order valence-electron chi connectivity index (χ3n) is 4.73. The molecule has 2 saturated heterocycles. The lowest BCUT2D eigenvalue weighted by atomic mass is 9.82. The van der Waals surface area contributed by atoms with Gasteiger partial charge in [-0.2, -0.15) is 5.26 Å². The summed E-state index contributed by atoms with van der Waals surface area (Å²) in [4.78, 5) is 15.1. The molecule has 24 heavy (non-hydrogen) atoms. The van der Waals surface area contributed by atoms with Crippen molar-refractivity contribution >= 4 is 5.95 Å². The highest BCUT2D eigenvalue weighted by atomic mass is 16.5. The third kappa shape index (κ3) is 2.65. The summed E-state index contributed by atoms with van der Waals surface area (Å²) in [7, 11) is 0. The first-order valence-corrected chi connectivity index (χ1v) is 7.88. The number of ether oxygens (including phenoxy) is 2. The molecular weight excluding hydrogens is 306 g/mol. The number of rotatable bonds is 4. The molecule has 4 rings (SSSR count). The van der Waals surface area contributed by atoms with Crippen molar-refractivity contribution in [1.29, 1.82) is 5.26 Å². The van der Waals surface area contributed by atoms with Gasteiger partial charge in [-0.3, -0.25) is 0 Å². The highest BCUT2D eigenvalue weighted by molar-refractivity contribution is 5.34. The Balaban J connectivity index is 1.47. The van der Waals surface area contributed by atoms with Crippen LogP contribution in [0.3, 0.4) is 0 Å². The summed E-state index contributed by atoms with van der Waals surface area (Å²) in [6, 6.07) is 7.31. The molecule has 0 N–H and O–H groups in total. The van der Waals surface area contributed by atoms with Crippen molar-refractivity contribution in [3.8, 4) is 11.9 Å². The average molecular weight is 323 g/mol. The first-order valence-electron chi connectivity index (χ1n) is 7.88. The van der Waals surface area contributed by atoms with E-state index in [-0.39, 0.29) is 5.41 Å². The van der Waals surface area contributed by atoms with Crippen molar-refractivity contribution in [1.82, 2.24) is 15.0 Å². The second-order valence-electron chi connectivity index (χ2n) is 6.29. The SMILES string of the molecule is N#Cc1ccc(OC[C@@]23COC[C@@H]2CN(c2ncccn2)C3)nc1. The molecule has 0 bridgehead atoms. The Bertz CT molecular complexity index is 746. The fourth-order valence-electron chi connectivity index (χ4n) is 3.39. The third-order valence-corrected chi connectivity index (χ3v) is 4.73. The van der Waals surface area contributed by atoms with Crippen LogP contribution in [0.4, 0.5) is 5.95 Å². The molecule has 0 aromatic carbocycles. The van der Waals surface area contributed by atoms with Gasteiger partial charge < -0.3 is 14.4 Å². The number of hydrogen-bond donors (Lipinski definition) is 0. The number of fused-ring (bicyclic) bond motifs is 1. The summed E-state index contributed by atoms with van der Waals surface area (Å²) in [6.07, 6.45) is 5.04. The van der Waals surface area contributed by atoms with Gasteiger partial charge in [-0.25, -0.2) is 15.0 Å². The molecule has 0 radical (unpaired) electrons. The van der Waals surface area contributed by atoms with Gasteiger partial charge in [0.15, 0.2) is 0 Å². The van der Waals surface area contributed by atoms with E-state index in [0.29, 0.717) is 30.6 Å². The minimum Gasteiger partial charge on any atom is -0.477 e. The van der Waals surface area contributed by atoms with E-state index in [1.165, 1.54) is 6.20 Å². The first-order chi connectivity index (χ1) is 11.8. The fraction of sp³-hybridized carbons (Fsp3) is 0.412. The second kappa shape index (κ2) is 6.06. The van der Waals surface area contributed by atoms with Crippen molar-refractivity contribution in [3.05, 3.63) is 42.4 Å². The highest BCUT2D eigenvalue weighted by Crippen LogP contribution is 2.42. The maximum atomic E-state index is 8.83. The first kappa shape index (κ1) is 14.8. The molecule has 2 atom stereocenters. The summed E-state index contributed by atoms with van der Waals surface area (Å²) in [6.45, 7) is 3.59.